The van der Waals surface area contributed by atoms with Crippen molar-refractivity contribution in [3.05, 3.63) is 63.6 Å². The summed E-state index contributed by atoms with van der Waals surface area (Å²) in [4.78, 5) is 27.4. The lowest BCUT2D eigenvalue weighted by molar-refractivity contribution is -0.139. The molecule has 0 aromatic heterocycles. The molecule has 0 fully saturated rings. The van der Waals surface area contributed by atoms with Gasteiger partial charge in [-0.15, -0.1) is 0 Å². The van der Waals surface area contributed by atoms with Crippen LogP contribution in [0.25, 0.3) is 0 Å². The van der Waals surface area contributed by atoms with Gasteiger partial charge in [0.15, 0.2) is 0 Å². The number of sulfonamides is 1. The number of unbranched alkanes of at least 4 members (excludes halogenated alkanes) is 1. The van der Waals surface area contributed by atoms with Crippen molar-refractivity contribution in [3.8, 4) is 0 Å². The minimum atomic E-state index is -4.77. The number of nitrogens with zero attached hydrogens (tertiary/aromatic N) is 2. The molecule has 13 heteroatoms. The number of alkyl halides is 3. The molecule has 0 unspecified atom stereocenters. The van der Waals surface area contributed by atoms with E-state index in [1.807, 2.05) is 6.92 Å². The van der Waals surface area contributed by atoms with Crippen LogP contribution in [0.1, 0.15) is 37.8 Å². The maximum absolute atomic E-state index is 13.5. The predicted molar refractivity (Wildman–Crippen MR) is 138 cm³/mol. The summed E-state index contributed by atoms with van der Waals surface area (Å²) in [5.74, 6) is -1.27. The van der Waals surface area contributed by atoms with Crippen LogP contribution in [-0.2, 0) is 32.3 Å². The van der Waals surface area contributed by atoms with Crippen molar-refractivity contribution in [2.24, 2.45) is 0 Å². The van der Waals surface area contributed by atoms with Gasteiger partial charge in [0.1, 0.15) is 12.6 Å². The van der Waals surface area contributed by atoms with Crippen LogP contribution < -0.4 is 9.62 Å². The Morgan fingerprint density at radius 1 is 1.08 bits per heavy atom. The average molecular weight is 582 g/mol. The van der Waals surface area contributed by atoms with Crippen LogP contribution in [0.2, 0.25) is 10.0 Å². The van der Waals surface area contributed by atoms with Gasteiger partial charge in [-0.05, 0) is 49.2 Å². The summed E-state index contributed by atoms with van der Waals surface area (Å²) in [6.07, 6.45) is -2.46. The van der Waals surface area contributed by atoms with Gasteiger partial charge in [0, 0.05) is 18.1 Å². The largest absolute Gasteiger partial charge is 0.416 e. The normalized spacial score (nSPS) is 12.6. The van der Waals surface area contributed by atoms with Gasteiger partial charge in [0.2, 0.25) is 21.8 Å². The third-order valence-corrected chi connectivity index (χ3v) is 7.18. The van der Waals surface area contributed by atoms with E-state index in [0.29, 0.717) is 33.6 Å². The van der Waals surface area contributed by atoms with Crippen LogP contribution >= 0.6 is 23.2 Å². The number of hydrogen-bond donors (Lipinski definition) is 1. The second-order valence-electron chi connectivity index (χ2n) is 8.40. The third kappa shape index (κ3) is 8.79. The maximum Gasteiger partial charge on any atom is 0.416 e. The van der Waals surface area contributed by atoms with Crippen LogP contribution in [0.5, 0.6) is 0 Å². The monoisotopic (exact) mass is 581 g/mol. The minimum Gasteiger partial charge on any atom is -0.354 e. The van der Waals surface area contributed by atoms with Gasteiger partial charge >= 0.3 is 6.18 Å². The molecule has 0 bridgehead atoms. The fourth-order valence-corrected chi connectivity index (χ4v) is 4.63. The van der Waals surface area contributed by atoms with Crippen LogP contribution in [0, 0.1) is 0 Å². The third-order valence-electron chi connectivity index (χ3n) is 5.48. The van der Waals surface area contributed by atoms with Gasteiger partial charge in [-0.1, -0.05) is 48.7 Å². The highest BCUT2D eigenvalue weighted by Gasteiger charge is 2.34. The second kappa shape index (κ2) is 12.8. The molecular weight excluding hydrogens is 554 g/mol. The molecule has 7 nitrogen and oxygen atoms in total. The van der Waals surface area contributed by atoms with E-state index in [4.69, 9.17) is 23.2 Å². The average Bonchev–Trinajstić information content (AvgIpc) is 2.80. The molecule has 1 N–H and O–H groups in total. The van der Waals surface area contributed by atoms with Crippen molar-refractivity contribution in [2.75, 3.05) is 23.7 Å². The SMILES string of the molecule is CCCCNC(=O)[C@@H](C)N(Cc1ccc(Cl)cc1)C(=O)CN(c1cc(C(F)(F)F)ccc1Cl)S(C)(=O)=O. The first-order valence-corrected chi connectivity index (χ1v) is 13.9. The molecule has 2 amide bonds. The van der Waals surface area contributed by atoms with Crippen molar-refractivity contribution < 1.29 is 31.2 Å². The van der Waals surface area contributed by atoms with Gasteiger partial charge in [-0.3, -0.25) is 13.9 Å². The Labute approximate surface area is 224 Å². The Morgan fingerprint density at radius 3 is 2.24 bits per heavy atom. The zero-order valence-electron chi connectivity index (χ0n) is 20.5. The lowest BCUT2D eigenvalue weighted by atomic mass is 10.1. The lowest BCUT2D eigenvalue weighted by Gasteiger charge is -2.32. The van der Waals surface area contributed by atoms with E-state index in [1.54, 1.807) is 24.3 Å². The molecule has 0 aliphatic carbocycles. The summed E-state index contributed by atoms with van der Waals surface area (Å²) in [5, 5.41) is 2.89. The number of benzene rings is 2. The van der Waals surface area contributed by atoms with Crippen molar-refractivity contribution in [3.63, 3.8) is 0 Å². The van der Waals surface area contributed by atoms with Gasteiger partial charge in [-0.2, -0.15) is 13.2 Å². The van der Waals surface area contributed by atoms with E-state index in [2.05, 4.69) is 5.32 Å². The van der Waals surface area contributed by atoms with Crippen LogP contribution in [0.15, 0.2) is 42.5 Å². The molecule has 37 heavy (non-hydrogen) atoms. The summed E-state index contributed by atoms with van der Waals surface area (Å²) in [6.45, 7) is 2.87. The van der Waals surface area contributed by atoms with E-state index in [0.717, 1.165) is 30.1 Å². The standard InChI is InChI=1S/C24H28Cl2F3N3O4S/c1-4-5-12-30-23(34)16(2)31(14-17-6-9-19(25)10-7-17)22(33)15-32(37(3,35)36)21-13-18(24(27,28)29)8-11-20(21)26/h6-11,13,16H,4-5,12,14-15H2,1-3H3,(H,30,34)/t16-/m1/s1. The zero-order chi connectivity index (χ0) is 28.0. The van der Waals surface area contributed by atoms with Gasteiger partial charge in [0.25, 0.3) is 0 Å². The Bertz CT molecular complexity index is 1210. The molecule has 0 spiro atoms. The zero-order valence-corrected chi connectivity index (χ0v) is 22.8. The summed E-state index contributed by atoms with van der Waals surface area (Å²) >= 11 is 12.0. The highest BCUT2D eigenvalue weighted by Crippen LogP contribution is 2.36. The van der Waals surface area contributed by atoms with Gasteiger partial charge in [0.05, 0.1) is 22.5 Å². The number of halogens is 5. The topological polar surface area (TPSA) is 86.8 Å². The molecule has 204 valence electrons. The lowest BCUT2D eigenvalue weighted by Crippen LogP contribution is -2.51. The molecule has 0 saturated heterocycles. The molecule has 1 atom stereocenters. The van der Waals surface area contributed by atoms with Gasteiger partial charge < -0.3 is 10.2 Å². The van der Waals surface area contributed by atoms with Crippen LogP contribution in [0.4, 0.5) is 18.9 Å². The van der Waals surface area contributed by atoms with E-state index in [9.17, 15) is 31.2 Å². The first-order chi connectivity index (χ1) is 17.1. The number of carbonyl (C=O) groups excluding carboxylic acids is 2. The highest BCUT2D eigenvalue weighted by molar-refractivity contribution is 7.92. The first kappa shape index (κ1) is 30.7. The number of anilines is 1. The molecule has 0 aliphatic rings. The Hall–Kier alpha value is -2.50. The number of nitrogens with one attached hydrogen (secondary N) is 1. The Balaban J connectivity index is 2.45. The first-order valence-electron chi connectivity index (χ1n) is 11.3. The van der Waals surface area contributed by atoms with E-state index < -0.39 is 51.9 Å². The number of rotatable bonds is 11. The van der Waals surface area contributed by atoms with E-state index in [-0.39, 0.29) is 11.6 Å². The Morgan fingerprint density at radius 2 is 1.70 bits per heavy atom. The molecule has 0 radical (unpaired) electrons. The molecule has 0 aliphatic heterocycles. The molecule has 2 rings (SSSR count). The van der Waals surface area contributed by atoms with E-state index in [1.165, 1.54) is 6.92 Å². The number of hydrogen-bond acceptors (Lipinski definition) is 4. The highest BCUT2D eigenvalue weighted by atomic mass is 35.5. The molecule has 0 saturated carbocycles. The molecule has 2 aromatic rings. The fraction of sp³-hybridized carbons (Fsp3) is 0.417. The van der Waals surface area contributed by atoms with E-state index >= 15 is 0 Å². The minimum absolute atomic E-state index is 0.0771. The maximum atomic E-state index is 13.5. The van der Waals surface area contributed by atoms with Crippen LogP contribution in [0.3, 0.4) is 0 Å². The predicted octanol–water partition coefficient (Wildman–Crippen LogP) is 5.11. The molecular formula is C24H28Cl2F3N3O4S. The van der Waals surface area contributed by atoms with Crippen molar-refractivity contribution in [2.45, 2.75) is 45.5 Å². The molecule has 2 aromatic carbocycles. The summed E-state index contributed by atoms with van der Waals surface area (Å²) in [5.41, 5.74) is -1.03. The summed E-state index contributed by atoms with van der Waals surface area (Å²) in [6, 6.07) is 7.65. The summed E-state index contributed by atoms with van der Waals surface area (Å²) in [7, 11) is -4.26. The van der Waals surface area contributed by atoms with Crippen molar-refractivity contribution in [1.82, 2.24) is 10.2 Å². The molecule has 0 heterocycles. The second-order valence-corrected chi connectivity index (χ2v) is 11.2. The van der Waals surface area contributed by atoms with Crippen LogP contribution in [-0.4, -0.2) is 50.5 Å². The van der Waals surface area contributed by atoms with Gasteiger partial charge in [-0.25, -0.2) is 8.42 Å². The summed E-state index contributed by atoms with van der Waals surface area (Å²) < 4.78 is 65.6. The number of amides is 2. The number of carbonyl (C=O) groups is 2. The smallest absolute Gasteiger partial charge is 0.354 e. The van der Waals surface area contributed by atoms with Crippen molar-refractivity contribution in [1.29, 1.82) is 0 Å². The fourth-order valence-electron chi connectivity index (χ4n) is 3.38. The Kier molecular flexibility index (Phi) is 10.7. The quantitative estimate of drug-likeness (QED) is 0.373. The van der Waals surface area contributed by atoms with Crippen molar-refractivity contribution >= 4 is 50.7 Å².